The molecule has 0 aliphatic carbocycles. The van der Waals surface area contributed by atoms with Gasteiger partial charge in [0.1, 0.15) is 6.54 Å². The molecule has 2 aromatic rings. The Morgan fingerprint density at radius 3 is 2.64 bits per heavy atom. The zero-order chi connectivity index (χ0) is 18.0. The van der Waals surface area contributed by atoms with Gasteiger partial charge in [-0.1, -0.05) is 11.8 Å². The first kappa shape index (κ1) is 17.7. The van der Waals surface area contributed by atoms with Crippen LogP contribution in [0.25, 0.3) is 11.2 Å². The molecule has 1 saturated heterocycles. The number of aliphatic carboxylic acids is 1. The summed E-state index contributed by atoms with van der Waals surface area (Å²) < 4.78 is 8.68. The molecule has 0 bridgehead atoms. The number of aryl methyl sites for hydroxylation is 2. The minimum Gasteiger partial charge on any atom is -0.480 e. The third kappa shape index (κ3) is 3.48. The maximum Gasteiger partial charge on any atom is 0.333 e. The van der Waals surface area contributed by atoms with Crippen LogP contribution in [-0.4, -0.2) is 61.8 Å². The predicted octanol–water partition coefficient (Wildman–Crippen LogP) is -1.31. The summed E-state index contributed by atoms with van der Waals surface area (Å²) in [7, 11) is 1.48. The molecule has 0 aromatic carbocycles. The molecule has 136 valence electrons. The largest absolute Gasteiger partial charge is 0.480 e. The maximum atomic E-state index is 12.3. The highest BCUT2D eigenvalue weighted by atomic mass is 32.2. The second-order valence-corrected chi connectivity index (χ2v) is 6.62. The standard InChI is InChI=1S/C10H10N4O4S.C4H9NO/c1-12-7-6(13-2-3-19-9(13)11-7)8(17)14(10(12)18)4-5(15)16;1-3-6-4-2-5-1/h2-4H2,1H3,(H,15,16);5H,1-4H2. The van der Waals surface area contributed by atoms with Gasteiger partial charge in [-0.3, -0.25) is 14.2 Å². The fourth-order valence-electron chi connectivity index (χ4n) is 2.69. The zero-order valence-corrected chi connectivity index (χ0v) is 14.5. The molecule has 0 saturated carbocycles. The smallest absolute Gasteiger partial charge is 0.333 e. The molecule has 11 heteroatoms. The van der Waals surface area contributed by atoms with Gasteiger partial charge in [0.25, 0.3) is 5.56 Å². The Morgan fingerprint density at radius 1 is 1.36 bits per heavy atom. The van der Waals surface area contributed by atoms with E-state index in [1.165, 1.54) is 23.4 Å². The molecule has 2 aliphatic heterocycles. The summed E-state index contributed by atoms with van der Waals surface area (Å²) in [6, 6.07) is 0. The number of hydrogen-bond acceptors (Lipinski definition) is 7. The van der Waals surface area contributed by atoms with E-state index in [4.69, 9.17) is 9.84 Å². The van der Waals surface area contributed by atoms with E-state index in [-0.39, 0.29) is 0 Å². The van der Waals surface area contributed by atoms with Crippen LogP contribution >= 0.6 is 11.8 Å². The number of carboxylic acids is 1. The van der Waals surface area contributed by atoms with Crippen molar-refractivity contribution in [1.29, 1.82) is 0 Å². The van der Waals surface area contributed by atoms with Gasteiger partial charge in [0, 0.05) is 32.4 Å². The van der Waals surface area contributed by atoms with Crippen molar-refractivity contribution in [2.45, 2.75) is 18.2 Å². The van der Waals surface area contributed by atoms with E-state index in [1.807, 2.05) is 0 Å². The van der Waals surface area contributed by atoms with Crippen LogP contribution in [0.4, 0.5) is 0 Å². The Labute approximate surface area is 146 Å². The molecule has 2 aromatic heterocycles. The summed E-state index contributed by atoms with van der Waals surface area (Å²) in [4.78, 5) is 39.3. The van der Waals surface area contributed by atoms with E-state index in [9.17, 15) is 14.4 Å². The third-order valence-corrected chi connectivity index (χ3v) is 4.84. The SMILES string of the molecule is C1COCCN1.Cn1c(=O)n(CC(=O)O)c(=O)c2c1nc1n2CCS1. The molecule has 4 heterocycles. The summed E-state index contributed by atoms with van der Waals surface area (Å²) in [5.41, 5.74) is -0.661. The molecule has 2 N–H and O–H groups in total. The number of imidazole rings is 1. The lowest BCUT2D eigenvalue weighted by Crippen LogP contribution is -2.41. The number of fused-ring (bicyclic) bond motifs is 3. The quantitative estimate of drug-likeness (QED) is 0.670. The summed E-state index contributed by atoms with van der Waals surface area (Å²) in [6.07, 6.45) is 0. The van der Waals surface area contributed by atoms with Crippen LogP contribution in [0.15, 0.2) is 14.7 Å². The molecule has 0 atom stereocenters. The lowest BCUT2D eigenvalue weighted by molar-refractivity contribution is -0.137. The van der Waals surface area contributed by atoms with Gasteiger partial charge >= 0.3 is 11.7 Å². The molecule has 0 amide bonds. The van der Waals surface area contributed by atoms with Crippen LogP contribution in [0.5, 0.6) is 0 Å². The monoisotopic (exact) mass is 369 g/mol. The highest BCUT2D eigenvalue weighted by molar-refractivity contribution is 7.99. The van der Waals surface area contributed by atoms with Gasteiger partial charge in [-0.2, -0.15) is 0 Å². The maximum absolute atomic E-state index is 12.3. The van der Waals surface area contributed by atoms with Gasteiger partial charge in [-0.25, -0.2) is 14.3 Å². The highest BCUT2D eigenvalue weighted by Crippen LogP contribution is 2.27. The molecule has 25 heavy (non-hydrogen) atoms. The number of nitrogens with one attached hydrogen (secondary N) is 1. The van der Waals surface area contributed by atoms with Crippen LogP contribution in [-0.2, 0) is 29.7 Å². The fourth-order valence-corrected chi connectivity index (χ4v) is 3.63. The topological polar surface area (TPSA) is 120 Å². The molecule has 2 aliphatic rings. The summed E-state index contributed by atoms with van der Waals surface area (Å²) >= 11 is 1.51. The van der Waals surface area contributed by atoms with Gasteiger partial charge in [0.05, 0.1) is 13.2 Å². The molecule has 0 unspecified atom stereocenters. The van der Waals surface area contributed by atoms with E-state index in [0.29, 0.717) is 22.9 Å². The van der Waals surface area contributed by atoms with E-state index in [1.54, 1.807) is 4.57 Å². The molecule has 10 nitrogen and oxygen atoms in total. The second-order valence-electron chi connectivity index (χ2n) is 5.56. The lowest BCUT2D eigenvalue weighted by Gasteiger charge is -2.10. The van der Waals surface area contributed by atoms with Crippen molar-refractivity contribution in [3.8, 4) is 0 Å². The first-order chi connectivity index (χ1) is 12.0. The predicted molar refractivity (Wildman–Crippen MR) is 91.3 cm³/mol. The van der Waals surface area contributed by atoms with Crippen molar-refractivity contribution in [3.63, 3.8) is 0 Å². The van der Waals surface area contributed by atoms with Crippen molar-refractivity contribution < 1.29 is 14.6 Å². The van der Waals surface area contributed by atoms with Crippen LogP contribution in [0, 0.1) is 0 Å². The Morgan fingerprint density at radius 2 is 2.08 bits per heavy atom. The molecule has 4 rings (SSSR count). The van der Waals surface area contributed by atoms with E-state index in [2.05, 4.69) is 10.3 Å². The second kappa shape index (κ2) is 7.42. The van der Waals surface area contributed by atoms with Gasteiger partial charge in [-0.15, -0.1) is 0 Å². The number of carboxylic acid groups (broad SMARTS) is 1. The van der Waals surface area contributed by atoms with Gasteiger partial charge < -0.3 is 19.7 Å². The number of rotatable bonds is 2. The molecular formula is C14H19N5O5S. The Balaban J connectivity index is 0.000000258. The minimum atomic E-state index is -1.23. The Hall–Kier alpha value is -2.11. The number of carbonyl (C=O) groups is 1. The first-order valence-electron chi connectivity index (χ1n) is 7.84. The average Bonchev–Trinajstić information content (AvgIpc) is 3.20. The van der Waals surface area contributed by atoms with Gasteiger partial charge in [0.15, 0.2) is 16.3 Å². The van der Waals surface area contributed by atoms with Crippen LogP contribution in [0.1, 0.15) is 0 Å². The van der Waals surface area contributed by atoms with Gasteiger partial charge in [0.2, 0.25) is 0 Å². The third-order valence-electron chi connectivity index (χ3n) is 3.88. The van der Waals surface area contributed by atoms with Crippen LogP contribution in [0.2, 0.25) is 0 Å². The van der Waals surface area contributed by atoms with E-state index >= 15 is 0 Å². The number of hydrogen-bond donors (Lipinski definition) is 2. The summed E-state index contributed by atoms with van der Waals surface area (Å²) in [6.45, 7) is 3.83. The zero-order valence-electron chi connectivity index (χ0n) is 13.7. The normalized spacial score (nSPS) is 16.4. The summed E-state index contributed by atoms with van der Waals surface area (Å²) in [5.74, 6) is -0.409. The average molecular weight is 369 g/mol. The molecule has 0 spiro atoms. The van der Waals surface area contributed by atoms with Gasteiger partial charge in [-0.05, 0) is 0 Å². The van der Waals surface area contributed by atoms with E-state index in [0.717, 1.165) is 36.6 Å². The van der Waals surface area contributed by atoms with E-state index < -0.39 is 23.8 Å². The van der Waals surface area contributed by atoms with Crippen LogP contribution < -0.4 is 16.6 Å². The van der Waals surface area contributed by atoms with Crippen molar-refractivity contribution in [2.75, 3.05) is 32.1 Å². The Bertz CT molecular complexity index is 899. The number of morpholine rings is 1. The number of aromatic nitrogens is 4. The van der Waals surface area contributed by atoms with Crippen molar-refractivity contribution in [2.24, 2.45) is 7.05 Å². The number of ether oxygens (including phenoxy) is 1. The van der Waals surface area contributed by atoms with Crippen molar-refractivity contribution in [1.82, 2.24) is 24.0 Å². The van der Waals surface area contributed by atoms with Crippen LogP contribution in [0.3, 0.4) is 0 Å². The molecular weight excluding hydrogens is 350 g/mol. The number of nitrogens with zero attached hydrogens (tertiary/aromatic N) is 4. The Kier molecular flexibility index (Phi) is 5.25. The number of thioether (sulfide) groups is 1. The van der Waals surface area contributed by atoms with Crippen molar-refractivity contribution >= 4 is 28.9 Å². The molecule has 0 radical (unpaired) electrons. The van der Waals surface area contributed by atoms with Crippen molar-refractivity contribution in [3.05, 3.63) is 20.8 Å². The highest BCUT2D eigenvalue weighted by Gasteiger charge is 2.23. The molecule has 1 fully saturated rings. The summed E-state index contributed by atoms with van der Waals surface area (Å²) in [5, 5.41) is 12.6. The lowest BCUT2D eigenvalue weighted by atomic mass is 10.4. The fraction of sp³-hybridized carbons (Fsp3) is 0.571. The first-order valence-corrected chi connectivity index (χ1v) is 8.82. The minimum absolute atomic E-state index is 0.295.